The summed E-state index contributed by atoms with van der Waals surface area (Å²) in [5.41, 5.74) is 1.09. The van der Waals surface area contributed by atoms with E-state index in [2.05, 4.69) is 29.5 Å². The lowest BCUT2D eigenvalue weighted by Gasteiger charge is -2.25. The van der Waals surface area contributed by atoms with Crippen LogP contribution in [0.4, 0.5) is 0 Å². The molecule has 98 valence electrons. The number of rotatable bonds is 7. The Balaban J connectivity index is 2.44. The fourth-order valence-corrected chi connectivity index (χ4v) is 2.53. The fourth-order valence-electron chi connectivity index (χ4n) is 1.68. The minimum absolute atomic E-state index is 0.0338. The van der Waals surface area contributed by atoms with E-state index in [1.165, 1.54) is 5.01 Å². The quantitative estimate of drug-likeness (QED) is 0.814. The van der Waals surface area contributed by atoms with Gasteiger partial charge in [0, 0.05) is 30.6 Å². The number of nitrogens with zero attached hydrogens (tertiary/aromatic N) is 1. The molecule has 0 saturated heterocycles. The molecule has 1 atom stereocenters. The monoisotopic (exact) mass is 256 g/mol. The van der Waals surface area contributed by atoms with Crippen LogP contribution in [0, 0.1) is 6.92 Å². The van der Waals surface area contributed by atoms with Crippen molar-refractivity contribution in [1.29, 1.82) is 0 Å². The van der Waals surface area contributed by atoms with Gasteiger partial charge in [0.25, 0.3) is 0 Å². The Kier molecular flexibility index (Phi) is 5.56. The number of likely N-dealkylation sites (N-methyl/N-ethyl adjacent to an activating group) is 1. The third-order valence-corrected chi connectivity index (χ3v) is 4.13. The first-order valence-corrected chi connectivity index (χ1v) is 6.98. The maximum Gasteiger partial charge on any atom is 0.0943 e. The number of nitrogens with one attached hydrogen (secondary N) is 1. The Hall–Kier alpha value is -0.450. The van der Waals surface area contributed by atoms with Crippen LogP contribution < -0.4 is 5.32 Å². The van der Waals surface area contributed by atoms with Gasteiger partial charge in [-0.3, -0.25) is 0 Å². The highest BCUT2D eigenvalue weighted by Gasteiger charge is 2.19. The normalized spacial score (nSPS) is 13.9. The van der Waals surface area contributed by atoms with E-state index in [1.807, 2.05) is 14.0 Å². The Morgan fingerprint density at radius 1 is 1.53 bits per heavy atom. The molecular weight excluding hydrogens is 232 g/mol. The molecule has 0 bridgehead atoms. The lowest BCUT2D eigenvalue weighted by Crippen LogP contribution is -2.31. The number of hydrogen-bond donors (Lipinski definition) is 1. The van der Waals surface area contributed by atoms with Gasteiger partial charge in [-0.15, -0.1) is 11.3 Å². The van der Waals surface area contributed by atoms with E-state index in [-0.39, 0.29) is 5.60 Å². The van der Waals surface area contributed by atoms with Crippen molar-refractivity contribution < 1.29 is 4.74 Å². The van der Waals surface area contributed by atoms with Crippen molar-refractivity contribution in [3.8, 4) is 0 Å². The highest BCUT2D eigenvalue weighted by atomic mass is 32.1. The Labute approximate surface area is 109 Å². The maximum absolute atomic E-state index is 5.45. The van der Waals surface area contributed by atoms with Gasteiger partial charge >= 0.3 is 0 Å². The summed E-state index contributed by atoms with van der Waals surface area (Å²) < 4.78 is 5.45. The highest BCUT2D eigenvalue weighted by molar-refractivity contribution is 7.09. The molecular formula is C13H24N2OS. The van der Waals surface area contributed by atoms with Gasteiger partial charge in [0.15, 0.2) is 0 Å². The van der Waals surface area contributed by atoms with Crippen molar-refractivity contribution in [2.75, 3.05) is 14.2 Å². The second kappa shape index (κ2) is 6.47. The minimum atomic E-state index is -0.0338. The molecule has 0 amide bonds. The van der Waals surface area contributed by atoms with Gasteiger partial charge in [-0.25, -0.2) is 4.98 Å². The zero-order valence-corrected chi connectivity index (χ0v) is 12.4. The van der Waals surface area contributed by atoms with Crippen LogP contribution in [0.1, 0.15) is 37.4 Å². The predicted molar refractivity (Wildman–Crippen MR) is 73.7 cm³/mol. The van der Waals surface area contributed by atoms with Crippen LogP contribution in [-0.4, -0.2) is 30.8 Å². The number of aryl methyl sites for hydroxylation is 1. The minimum Gasteiger partial charge on any atom is -0.379 e. The lowest BCUT2D eigenvalue weighted by molar-refractivity contribution is 0.0119. The van der Waals surface area contributed by atoms with Crippen molar-refractivity contribution in [2.24, 2.45) is 0 Å². The second-order valence-corrected chi connectivity index (χ2v) is 6.02. The molecule has 1 N–H and O–H groups in total. The summed E-state index contributed by atoms with van der Waals surface area (Å²) in [7, 11) is 3.80. The fraction of sp³-hybridized carbons (Fsp3) is 0.769. The van der Waals surface area contributed by atoms with E-state index >= 15 is 0 Å². The molecule has 0 fully saturated rings. The predicted octanol–water partition coefficient (Wildman–Crippen LogP) is 2.79. The third-order valence-electron chi connectivity index (χ3n) is 3.14. The van der Waals surface area contributed by atoms with Crippen LogP contribution in [0.3, 0.4) is 0 Å². The number of methoxy groups -OCH3 is 1. The summed E-state index contributed by atoms with van der Waals surface area (Å²) in [4.78, 5) is 4.51. The van der Waals surface area contributed by atoms with Gasteiger partial charge < -0.3 is 10.1 Å². The average molecular weight is 256 g/mol. The first kappa shape index (κ1) is 14.6. The summed E-state index contributed by atoms with van der Waals surface area (Å²) in [6.07, 6.45) is 3.17. The van der Waals surface area contributed by atoms with Gasteiger partial charge in [0.05, 0.1) is 10.6 Å². The van der Waals surface area contributed by atoms with Crippen LogP contribution in [0.2, 0.25) is 0 Å². The summed E-state index contributed by atoms with van der Waals surface area (Å²) in [6.45, 7) is 6.31. The van der Waals surface area contributed by atoms with Crippen molar-refractivity contribution in [1.82, 2.24) is 10.3 Å². The Bertz CT molecular complexity index is 336. The van der Waals surface area contributed by atoms with E-state index in [0.29, 0.717) is 6.04 Å². The van der Waals surface area contributed by atoms with Crippen LogP contribution in [0.25, 0.3) is 0 Å². The van der Waals surface area contributed by atoms with Gasteiger partial charge in [-0.1, -0.05) is 0 Å². The number of hydrogen-bond acceptors (Lipinski definition) is 4. The zero-order valence-electron chi connectivity index (χ0n) is 11.5. The maximum atomic E-state index is 5.45. The van der Waals surface area contributed by atoms with Crippen LogP contribution in [-0.2, 0) is 11.2 Å². The molecule has 0 aromatic carbocycles. The molecule has 0 radical (unpaired) electrons. The molecule has 0 spiro atoms. The molecule has 17 heavy (non-hydrogen) atoms. The van der Waals surface area contributed by atoms with E-state index in [1.54, 1.807) is 18.4 Å². The van der Waals surface area contributed by atoms with E-state index in [0.717, 1.165) is 25.0 Å². The topological polar surface area (TPSA) is 34.1 Å². The number of aromatic nitrogens is 1. The standard InChI is InChI=1S/C13H24N2OS/c1-10-9-17-12(15-10)8-11(14-4)6-7-13(2,3)16-5/h9,11,14H,6-8H2,1-5H3. The molecule has 1 unspecified atom stereocenters. The first-order chi connectivity index (χ1) is 7.96. The second-order valence-electron chi connectivity index (χ2n) is 5.07. The van der Waals surface area contributed by atoms with Gasteiger partial charge in [-0.05, 0) is 40.7 Å². The summed E-state index contributed by atoms with van der Waals surface area (Å²) in [5.74, 6) is 0. The van der Waals surface area contributed by atoms with Crippen molar-refractivity contribution in [3.63, 3.8) is 0 Å². The van der Waals surface area contributed by atoms with Crippen molar-refractivity contribution in [3.05, 3.63) is 16.1 Å². The first-order valence-electron chi connectivity index (χ1n) is 6.10. The van der Waals surface area contributed by atoms with Crippen LogP contribution >= 0.6 is 11.3 Å². The summed E-state index contributed by atoms with van der Waals surface area (Å²) >= 11 is 1.75. The lowest BCUT2D eigenvalue weighted by atomic mass is 9.97. The molecule has 0 aliphatic rings. The van der Waals surface area contributed by atoms with Crippen molar-refractivity contribution in [2.45, 2.75) is 51.7 Å². The Morgan fingerprint density at radius 2 is 2.24 bits per heavy atom. The molecule has 4 heteroatoms. The van der Waals surface area contributed by atoms with E-state index in [4.69, 9.17) is 4.74 Å². The summed E-state index contributed by atoms with van der Waals surface area (Å²) in [5, 5.41) is 6.70. The average Bonchev–Trinajstić information content (AvgIpc) is 2.70. The molecule has 1 aromatic rings. The summed E-state index contributed by atoms with van der Waals surface area (Å²) in [6, 6.07) is 0.481. The van der Waals surface area contributed by atoms with Crippen molar-refractivity contribution >= 4 is 11.3 Å². The molecule has 0 saturated carbocycles. The highest BCUT2D eigenvalue weighted by Crippen LogP contribution is 2.19. The molecule has 0 aliphatic heterocycles. The SMILES string of the molecule is CNC(CCC(C)(C)OC)Cc1nc(C)cs1. The largest absolute Gasteiger partial charge is 0.379 e. The van der Waals surface area contributed by atoms with Gasteiger partial charge in [-0.2, -0.15) is 0 Å². The Morgan fingerprint density at radius 3 is 2.71 bits per heavy atom. The number of thiazole rings is 1. The molecule has 1 aromatic heterocycles. The van der Waals surface area contributed by atoms with E-state index in [9.17, 15) is 0 Å². The smallest absolute Gasteiger partial charge is 0.0943 e. The molecule has 1 heterocycles. The third kappa shape index (κ3) is 5.15. The van der Waals surface area contributed by atoms with Crippen LogP contribution in [0.15, 0.2) is 5.38 Å². The molecule has 0 aliphatic carbocycles. The zero-order chi connectivity index (χ0) is 12.9. The molecule has 3 nitrogen and oxygen atoms in total. The van der Waals surface area contributed by atoms with Gasteiger partial charge in [0.1, 0.15) is 0 Å². The number of ether oxygens (including phenoxy) is 1. The van der Waals surface area contributed by atoms with Gasteiger partial charge in [0.2, 0.25) is 0 Å². The molecule has 1 rings (SSSR count). The van der Waals surface area contributed by atoms with E-state index < -0.39 is 0 Å². The van der Waals surface area contributed by atoms with Crippen LogP contribution in [0.5, 0.6) is 0 Å².